The zero-order chi connectivity index (χ0) is 17.3. The maximum Gasteiger partial charge on any atom is 0.229 e. The topological polar surface area (TPSA) is 64.2 Å². The van der Waals surface area contributed by atoms with Gasteiger partial charge in [-0.25, -0.2) is 0 Å². The third kappa shape index (κ3) is 3.09. The van der Waals surface area contributed by atoms with Crippen molar-refractivity contribution >= 4 is 5.91 Å². The third-order valence-corrected chi connectivity index (χ3v) is 5.07. The molecule has 1 fully saturated rings. The van der Waals surface area contributed by atoms with Gasteiger partial charge in [-0.2, -0.15) is 0 Å². The Bertz CT molecular complexity index is 710. The van der Waals surface area contributed by atoms with E-state index >= 15 is 0 Å². The van der Waals surface area contributed by atoms with Crippen LogP contribution in [0.2, 0.25) is 0 Å². The van der Waals surface area contributed by atoms with Gasteiger partial charge in [0, 0.05) is 31.1 Å². The van der Waals surface area contributed by atoms with Gasteiger partial charge in [0.2, 0.25) is 5.91 Å². The molecule has 0 bridgehead atoms. The van der Waals surface area contributed by atoms with E-state index in [1.54, 1.807) is 6.33 Å². The van der Waals surface area contributed by atoms with Crippen LogP contribution in [0.3, 0.4) is 0 Å². The second-order valence-corrected chi connectivity index (χ2v) is 6.66. The first kappa shape index (κ1) is 16.7. The number of nitrogens with zero attached hydrogens (tertiary/aromatic N) is 4. The van der Waals surface area contributed by atoms with Gasteiger partial charge in [-0.1, -0.05) is 0 Å². The van der Waals surface area contributed by atoms with Crippen molar-refractivity contribution in [1.82, 2.24) is 19.7 Å². The minimum Gasteiger partial charge on any atom is -0.466 e. The molecule has 130 valence electrons. The summed E-state index contributed by atoms with van der Waals surface area (Å²) in [4.78, 5) is 14.8. The Balaban J connectivity index is 1.64. The van der Waals surface area contributed by atoms with Gasteiger partial charge in [-0.05, 0) is 46.6 Å². The largest absolute Gasteiger partial charge is 0.466 e. The maximum atomic E-state index is 12.8. The summed E-state index contributed by atoms with van der Waals surface area (Å²) in [5.74, 6) is 3.19. The minimum atomic E-state index is -0.154. The predicted molar refractivity (Wildman–Crippen MR) is 90.8 cm³/mol. The fourth-order valence-corrected chi connectivity index (χ4v) is 3.67. The fraction of sp³-hybridized carbons (Fsp3) is 0.611. The second kappa shape index (κ2) is 6.79. The average Bonchev–Trinajstić information content (AvgIpc) is 3.19. The highest BCUT2D eigenvalue weighted by Gasteiger charge is 2.30. The number of aromatic nitrogens is 3. The van der Waals surface area contributed by atoms with Crippen molar-refractivity contribution in [3.8, 4) is 0 Å². The number of hydrogen-bond acceptors (Lipinski definition) is 4. The first-order chi connectivity index (χ1) is 11.5. The zero-order valence-electron chi connectivity index (χ0n) is 15.0. The van der Waals surface area contributed by atoms with Crippen molar-refractivity contribution in [1.29, 1.82) is 0 Å². The lowest BCUT2D eigenvalue weighted by Crippen LogP contribution is -2.40. The molecule has 0 aliphatic carbocycles. The molecule has 0 saturated carbocycles. The molecule has 1 aliphatic heterocycles. The Morgan fingerprint density at radius 1 is 1.38 bits per heavy atom. The second-order valence-electron chi connectivity index (χ2n) is 6.66. The molecule has 0 N–H and O–H groups in total. The van der Waals surface area contributed by atoms with E-state index in [2.05, 4.69) is 21.7 Å². The van der Waals surface area contributed by atoms with Crippen molar-refractivity contribution in [2.24, 2.45) is 0 Å². The summed E-state index contributed by atoms with van der Waals surface area (Å²) in [6.07, 6.45) is 3.68. The van der Waals surface area contributed by atoms with Gasteiger partial charge in [-0.15, -0.1) is 10.2 Å². The average molecular weight is 330 g/mol. The molecule has 0 radical (unpaired) electrons. The van der Waals surface area contributed by atoms with Crippen LogP contribution in [0.5, 0.6) is 0 Å². The Labute approximate surface area is 142 Å². The summed E-state index contributed by atoms with van der Waals surface area (Å²) in [6, 6.07) is 1.98. The Hall–Kier alpha value is -2.11. The van der Waals surface area contributed by atoms with Gasteiger partial charge >= 0.3 is 0 Å². The summed E-state index contributed by atoms with van der Waals surface area (Å²) in [7, 11) is 0. The van der Waals surface area contributed by atoms with Gasteiger partial charge in [0.25, 0.3) is 0 Å². The van der Waals surface area contributed by atoms with Crippen molar-refractivity contribution in [3.63, 3.8) is 0 Å². The monoisotopic (exact) mass is 330 g/mol. The molecular formula is C18H26N4O2. The van der Waals surface area contributed by atoms with Crippen molar-refractivity contribution in [2.75, 3.05) is 13.1 Å². The van der Waals surface area contributed by atoms with Crippen LogP contribution in [0.4, 0.5) is 0 Å². The number of amides is 1. The Kier molecular flexibility index (Phi) is 4.73. The summed E-state index contributed by atoms with van der Waals surface area (Å²) < 4.78 is 7.68. The lowest BCUT2D eigenvalue weighted by molar-refractivity contribution is -0.133. The van der Waals surface area contributed by atoms with Gasteiger partial charge < -0.3 is 13.9 Å². The number of carbonyl (C=O) groups excluding carboxylic acids is 1. The first-order valence-corrected chi connectivity index (χ1v) is 8.74. The lowest BCUT2D eigenvalue weighted by Gasteiger charge is -2.33. The van der Waals surface area contributed by atoms with Crippen LogP contribution in [0, 0.1) is 13.8 Å². The van der Waals surface area contributed by atoms with Crippen molar-refractivity contribution in [3.05, 3.63) is 35.3 Å². The van der Waals surface area contributed by atoms with Crippen LogP contribution in [0.25, 0.3) is 0 Å². The molecule has 6 heteroatoms. The van der Waals surface area contributed by atoms with Crippen molar-refractivity contribution < 1.29 is 9.21 Å². The maximum absolute atomic E-state index is 12.8. The van der Waals surface area contributed by atoms with Gasteiger partial charge in [-0.3, -0.25) is 4.79 Å². The van der Waals surface area contributed by atoms with Gasteiger partial charge in [0.1, 0.15) is 23.7 Å². The zero-order valence-corrected chi connectivity index (χ0v) is 15.0. The standard InChI is InChI=1S/C18H26N4O2/c1-5-21-11-19-20-17(21)15-6-8-22(9-7-15)18(23)13(3)16-10-12(2)24-14(16)4/h10-11,13,15H,5-9H2,1-4H3. The van der Waals surface area contributed by atoms with Crippen LogP contribution < -0.4 is 0 Å². The molecule has 3 heterocycles. The molecule has 1 atom stereocenters. The van der Waals surface area contributed by atoms with E-state index in [0.717, 1.165) is 55.4 Å². The van der Waals surface area contributed by atoms with E-state index in [1.807, 2.05) is 31.7 Å². The van der Waals surface area contributed by atoms with E-state index in [9.17, 15) is 4.79 Å². The normalized spacial score (nSPS) is 17.2. The van der Waals surface area contributed by atoms with E-state index in [-0.39, 0.29) is 11.8 Å². The fourth-order valence-electron chi connectivity index (χ4n) is 3.67. The summed E-state index contributed by atoms with van der Waals surface area (Å²) in [5, 5.41) is 8.30. The number of aryl methyl sites for hydroxylation is 3. The van der Waals surface area contributed by atoms with E-state index in [1.165, 1.54) is 0 Å². The number of furan rings is 1. The highest BCUT2D eigenvalue weighted by atomic mass is 16.3. The highest BCUT2D eigenvalue weighted by Crippen LogP contribution is 2.30. The molecule has 3 rings (SSSR count). The number of likely N-dealkylation sites (tertiary alicyclic amines) is 1. The molecule has 6 nitrogen and oxygen atoms in total. The van der Waals surface area contributed by atoms with E-state index < -0.39 is 0 Å². The predicted octanol–water partition coefficient (Wildman–Crippen LogP) is 3.02. The number of hydrogen-bond donors (Lipinski definition) is 0. The Morgan fingerprint density at radius 2 is 2.08 bits per heavy atom. The van der Waals surface area contributed by atoms with E-state index in [0.29, 0.717) is 5.92 Å². The van der Waals surface area contributed by atoms with Crippen LogP contribution >= 0.6 is 0 Å². The number of rotatable bonds is 4. The molecule has 24 heavy (non-hydrogen) atoms. The summed E-state index contributed by atoms with van der Waals surface area (Å²) in [5.41, 5.74) is 1.00. The lowest BCUT2D eigenvalue weighted by atomic mass is 9.93. The van der Waals surface area contributed by atoms with Crippen LogP contribution in [-0.4, -0.2) is 38.7 Å². The van der Waals surface area contributed by atoms with Crippen LogP contribution in [0.15, 0.2) is 16.8 Å². The number of piperidine rings is 1. The quantitative estimate of drug-likeness (QED) is 0.864. The first-order valence-electron chi connectivity index (χ1n) is 8.74. The van der Waals surface area contributed by atoms with Crippen molar-refractivity contribution in [2.45, 2.75) is 58.9 Å². The molecule has 0 spiro atoms. The molecule has 1 aliphatic rings. The highest BCUT2D eigenvalue weighted by molar-refractivity contribution is 5.83. The number of carbonyl (C=O) groups is 1. The molecule has 2 aromatic rings. The minimum absolute atomic E-state index is 0.154. The van der Waals surface area contributed by atoms with E-state index in [4.69, 9.17) is 4.42 Å². The molecule has 1 amide bonds. The molecule has 2 aromatic heterocycles. The van der Waals surface area contributed by atoms with Crippen LogP contribution in [-0.2, 0) is 11.3 Å². The summed E-state index contributed by atoms with van der Waals surface area (Å²) >= 11 is 0. The molecule has 1 saturated heterocycles. The molecule has 1 unspecified atom stereocenters. The molecular weight excluding hydrogens is 304 g/mol. The SMILES string of the molecule is CCn1cnnc1C1CCN(C(=O)C(C)c2cc(C)oc2C)CC1. The smallest absolute Gasteiger partial charge is 0.229 e. The summed E-state index contributed by atoms with van der Waals surface area (Å²) in [6.45, 7) is 10.4. The third-order valence-electron chi connectivity index (χ3n) is 5.07. The Morgan fingerprint density at radius 3 is 2.67 bits per heavy atom. The van der Waals surface area contributed by atoms with Gasteiger partial charge in [0.05, 0.1) is 5.92 Å². The molecule has 0 aromatic carbocycles. The van der Waals surface area contributed by atoms with Gasteiger partial charge in [0.15, 0.2) is 0 Å². The van der Waals surface area contributed by atoms with Crippen LogP contribution in [0.1, 0.15) is 61.4 Å².